The van der Waals surface area contributed by atoms with Gasteiger partial charge in [0.1, 0.15) is 6.04 Å². The maximum Gasteiger partial charge on any atom is 0.387 e. The smallest absolute Gasteiger partial charge is 0.387 e. The van der Waals surface area contributed by atoms with E-state index in [4.69, 9.17) is 14.6 Å². The summed E-state index contributed by atoms with van der Waals surface area (Å²) in [5.41, 5.74) is -0.00679. The van der Waals surface area contributed by atoms with Crippen molar-refractivity contribution >= 4 is 11.9 Å². The summed E-state index contributed by atoms with van der Waals surface area (Å²) in [6.07, 6.45) is 0.812. The van der Waals surface area contributed by atoms with Crippen molar-refractivity contribution in [3.63, 3.8) is 0 Å². The third kappa shape index (κ3) is 4.97. The molecule has 1 aromatic rings. The van der Waals surface area contributed by atoms with Gasteiger partial charge in [0.15, 0.2) is 11.5 Å². The first-order valence-corrected chi connectivity index (χ1v) is 7.08. The zero-order valence-electron chi connectivity index (χ0n) is 13.5. The fourth-order valence-electron chi connectivity index (χ4n) is 2.00. The molecule has 0 fully saturated rings. The zero-order valence-corrected chi connectivity index (χ0v) is 13.5. The molecule has 1 aromatic carbocycles. The molecule has 9 heteroatoms. The molecule has 1 rings (SSSR count). The summed E-state index contributed by atoms with van der Waals surface area (Å²) < 4.78 is 39.2. The van der Waals surface area contributed by atoms with Crippen molar-refractivity contribution in [1.82, 2.24) is 5.32 Å². The molecule has 2 N–H and O–H groups in total. The van der Waals surface area contributed by atoms with Gasteiger partial charge >= 0.3 is 12.6 Å². The van der Waals surface area contributed by atoms with Crippen LogP contribution in [-0.2, 0) is 4.79 Å². The van der Waals surface area contributed by atoms with Gasteiger partial charge in [-0.15, -0.1) is 0 Å². The highest BCUT2D eigenvalue weighted by atomic mass is 19.3. The Kier molecular flexibility index (Phi) is 7.22. The molecule has 0 saturated carbocycles. The van der Waals surface area contributed by atoms with E-state index in [1.54, 1.807) is 6.92 Å². The van der Waals surface area contributed by atoms with Gasteiger partial charge in [0.05, 0.1) is 14.2 Å². The average Bonchev–Trinajstić information content (AvgIpc) is 2.53. The minimum Gasteiger partial charge on any atom is -0.493 e. The monoisotopic (exact) mass is 347 g/mol. The van der Waals surface area contributed by atoms with E-state index in [9.17, 15) is 18.4 Å². The first kappa shape index (κ1) is 19.5. The van der Waals surface area contributed by atoms with Gasteiger partial charge in [0.2, 0.25) is 5.75 Å². The van der Waals surface area contributed by atoms with Gasteiger partial charge in [-0.25, -0.2) is 4.79 Å². The Labute approximate surface area is 137 Å². The molecule has 24 heavy (non-hydrogen) atoms. The van der Waals surface area contributed by atoms with Crippen molar-refractivity contribution in [2.45, 2.75) is 32.4 Å². The lowest BCUT2D eigenvalue weighted by Crippen LogP contribution is -2.40. The van der Waals surface area contributed by atoms with Gasteiger partial charge in [0.25, 0.3) is 5.91 Å². The SMILES string of the molecule is CCCC(NC(=O)c1cc(OC)c(OC(F)F)c(OC)c1)C(=O)O. The summed E-state index contributed by atoms with van der Waals surface area (Å²) in [6, 6.07) is 1.28. The van der Waals surface area contributed by atoms with Gasteiger partial charge in [-0.3, -0.25) is 4.79 Å². The standard InChI is InChI=1S/C15H19F2NO6/c1-4-5-9(14(20)21)18-13(19)8-6-10(22-2)12(24-15(16)17)11(7-8)23-3/h6-7,9,15H,4-5H2,1-3H3,(H,18,19)(H,20,21). The van der Waals surface area contributed by atoms with E-state index in [2.05, 4.69) is 10.1 Å². The van der Waals surface area contributed by atoms with E-state index in [0.717, 1.165) is 0 Å². The van der Waals surface area contributed by atoms with E-state index < -0.39 is 24.5 Å². The minimum atomic E-state index is -3.10. The summed E-state index contributed by atoms with van der Waals surface area (Å²) in [6.45, 7) is -1.32. The number of rotatable bonds is 9. The quantitative estimate of drug-likeness (QED) is 0.712. The predicted octanol–water partition coefficient (Wildman–Crippen LogP) is 2.29. The van der Waals surface area contributed by atoms with Gasteiger partial charge in [-0.2, -0.15) is 8.78 Å². The third-order valence-corrected chi connectivity index (χ3v) is 3.11. The van der Waals surface area contributed by atoms with E-state index in [-0.39, 0.29) is 29.2 Å². The van der Waals surface area contributed by atoms with Crippen LogP contribution in [0.4, 0.5) is 8.78 Å². The van der Waals surface area contributed by atoms with E-state index in [1.807, 2.05) is 0 Å². The number of hydrogen-bond acceptors (Lipinski definition) is 5. The van der Waals surface area contributed by atoms with Crippen molar-refractivity contribution in [1.29, 1.82) is 0 Å². The molecule has 0 aromatic heterocycles. The summed E-state index contributed by atoms with van der Waals surface area (Å²) >= 11 is 0. The van der Waals surface area contributed by atoms with Crippen LogP contribution in [0.15, 0.2) is 12.1 Å². The van der Waals surface area contributed by atoms with Crippen LogP contribution in [0, 0.1) is 0 Å². The van der Waals surface area contributed by atoms with Crippen molar-refractivity contribution < 1.29 is 37.7 Å². The van der Waals surface area contributed by atoms with Gasteiger partial charge in [-0.1, -0.05) is 13.3 Å². The number of methoxy groups -OCH3 is 2. The molecule has 0 aliphatic carbocycles. The molecule has 0 heterocycles. The first-order chi connectivity index (χ1) is 11.3. The molecule has 0 saturated heterocycles. The van der Waals surface area contributed by atoms with Crippen molar-refractivity contribution in [3.8, 4) is 17.2 Å². The predicted molar refractivity (Wildman–Crippen MR) is 80.0 cm³/mol. The van der Waals surface area contributed by atoms with Crippen LogP contribution in [0.25, 0.3) is 0 Å². The summed E-state index contributed by atoms with van der Waals surface area (Å²) in [7, 11) is 2.43. The Morgan fingerprint density at radius 2 is 1.75 bits per heavy atom. The fourth-order valence-corrected chi connectivity index (χ4v) is 2.00. The molecule has 7 nitrogen and oxygen atoms in total. The molecule has 0 aliphatic rings. The summed E-state index contributed by atoms with van der Waals surface area (Å²) in [5.74, 6) is -2.49. The normalized spacial score (nSPS) is 11.8. The Hall–Kier alpha value is -2.58. The van der Waals surface area contributed by atoms with Crippen LogP contribution in [0.3, 0.4) is 0 Å². The molecule has 1 amide bonds. The topological polar surface area (TPSA) is 94.1 Å². The molecule has 0 bridgehead atoms. The highest BCUT2D eigenvalue weighted by Gasteiger charge is 2.23. The van der Waals surface area contributed by atoms with Crippen molar-refractivity contribution in [2.75, 3.05) is 14.2 Å². The van der Waals surface area contributed by atoms with Crippen LogP contribution >= 0.6 is 0 Å². The number of benzene rings is 1. The number of amides is 1. The van der Waals surface area contributed by atoms with Gasteiger partial charge < -0.3 is 24.6 Å². The van der Waals surface area contributed by atoms with Gasteiger partial charge in [0, 0.05) is 5.56 Å². The number of carbonyl (C=O) groups excluding carboxylic acids is 1. The van der Waals surface area contributed by atoms with Crippen molar-refractivity contribution in [2.24, 2.45) is 0 Å². The zero-order chi connectivity index (χ0) is 18.3. The molecular formula is C15H19F2NO6. The number of ether oxygens (including phenoxy) is 3. The number of nitrogens with one attached hydrogen (secondary N) is 1. The number of carbonyl (C=O) groups is 2. The van der Waals surface area contributed by atoms with Crippen molar-refractivity contribution in [3.05, 3.63) is 17.7 Å². The highest BCUT2D eigenvalue weighted by Crippen LogP contribution is 2.39. The average molecular weight is 347 g/mol. The largest absolute Gasteiger partial charge is 0.493 e. The second kappa shape index (κ2) is 8.90. The number of carboxylic acids is 1. The first-order valence-electron chi connectivity index (χ1n) is 7.08. The van der Waals surface area contributed by atoms with E-state index in [1.165, 1.54) is 26.4 Å². The lowest BCUT2D eigenvalue weighted by atomic mass is 10.1. The number of aliphatic carboxylic acids is 1. The fraction of sp³-hybridized carbons (Fsp3) is 0.467. The number of hydrogen-bond donors (Lipinski definition) is 2. The summed E-state index contributed by atoms with van der Waals surface area (Å²) in [5, 5.41) is 11.4. The molecule has 1 atom stereocenters. The molecule has 0 spiro atoms. The molecule has 0 aliphatic heterocycles. The maximum atomic E-state index is 12.5. The summed E-state index contributed by atoms with van der Waals surface area (Å²) in [4.78, 5) is 23.3. The molecular weight excluding hydrogens is 328 g/mol. The Morgan fingerprint density at radius 3 is 2.12 bits per heavy atom. The van der Waals surface area contributed by atoms with Gasteiger partial charge in [-0.05, 0) is 18.6 Å². The molecule has 134 valence electrons. The van der Waals surface area contributed by atoms with Crippen LogP contribution < -0.4 is 19.5 Å². The van der Waals surface area contributed by atoms with Crippen LogP contribution in [-0.4, -0.2) is 43.9 Å². The number of alkyl halides is 2. The van der Waals surface area contributed by atoms with E-state index >= 15 is 0 Å². The Balaban J connectivity index is 3.15. The second-order valence-corrected chi connectivity index (χ2v) is 4.74. The lowest BCUT2D eigenvalue weighted by Gasteiger charge is -2.17. The number of carboxylic acid groups (broad SMARTS) is 1. The van der Waals surface area contributed by atoms with Crippen LogP contribution in [0.2, 0.25) is 0 Å². The lowest BCUT2D eigenvalue weighted by molar-refractivity contribution is -0.139. The maximum absolute atomic E-state index is 12.5. The van der Waals surface area contributed by atoms with Crippen LogP contribution in [0.1, 0.15) is 30.1 Å². The molecule has 0 radical (unpaired) electrons. The molecule has 1 unspecified atom stereocenters. The Morgan fingerprint density at radius 1 is 1.21 bits per heavy atom. The minimum absolute atomic E-state index is 0.00679. The van der Waals surface area contributed by atoms with E-state index in [0.29, 0.717) is 6.42 Å². The third-order valence-electron chi connectivity index (χ3n) is 3.11. The highest BCUT2D eigenvalue weighted by molar-refractivity contribution is 5.97. The second-order valence-electron chi connectivity index (χ2n) is 4.74. The number of halogens is 2. The van der Waals surface area contributed by atoms with Crippen LogP contribution in [0.5, 0.6) is 17.2 Å². The Bertz CT molecular complexity index is 568.